The van der Waals surface area contributed by atoms with Crippen LogP contribution >= 0.6 is 0 Å². The van der Waals surface area contributed by atoms with Crippen LogP contribution in [0, 0.1) is 0 Å². The van der Waals surface area contributed by atoms with Crippen molar-refractivity contribution in [3.05, 3.63) is 12.4 Å². The maximum atomic E-state index is 10.9. The van der Waals surface area contributed by atoms with Crippen molar-refractivity contribution in [3.8, 4) is 0 Å². The molecule has 0 rings (SSSR count). The van der Waals surface area contributed by atoms with Crippen LogP contribution in [0.25, 0.3) is 0 Å². The number of ether oxygens (including phenoxy) is 1. The molecular weight excluding hydrogens is 99.0 g/mol. The third-order valence-corrected chi connectivity index (χ3v) is 0.400. The average molecular weight is 104 g/mol. The highest BCUT2D eigenvalue weighted by Crippen LogP contribution is 1.75. The molecule has 0 aromatic heterocycles. The van der Waals surface area contributed by atoms with Crippen molar-refractivity contribution in [1.29, 1.82) is 0 Å². The van der Waals surface area contributed by atoms with E-state index in [1.165, 1.54) is 7.11 Å². The molecule has 0 aromatic rings. The van der Waals surface area contributed by atoms with E-state index in [1.54, 1.807) is 0 Å². The normalized spacial score (nSPS) is 9.43. The fraction of sp³-hybridized carbons (Fsp3) is 0.250. The van der Waals surface area contributed by atoms with Gasteiger partial charge in [-0.15, -0.1) is 0 Å². The number of hydrogen-bond donors (Lipinski definition) is 0. The third-order valence-electron chi connectivity index (χ3n) is 0.400. The monoisotopic (exact) mass is 104 g/mol. The van der Waals surface area contributed by atoms with Gasteiger partial charge in [0.05, 0.1) is 19.5 Å². The van der Waals surface area contributed by atoms with E-state index in [9.17, 15) is 9.18 Å². The first kappa shape index (κ1) is 6.14. The van der Waals surface area contributed by atoms with Crippen LogP contribution in [0.4, 0.5) is 4.39 Å². The molecule has 0 saturated heterocycles. The van der Waals surface area contributed by atoms with E-state index >= 15 is 0 Å². The lowest BCUT2D eigenvalue weighted by Gasteiger charge is -1.83. The smallest absolute Gasteiger partial charge is 0.332 e. The van der Waals surface area contributed by atoms with Crippen LogP contribution in [0.5, 0.6) is 0 Å². The molecule has 0 heterocycles. The number of hydrogen-bond acceptors (Lipinski definition) is 2. The van der Waals surface area contributed by atoms with Crippen molar-refractivity contribution in [2.75, 3.05) is 7.11 Å². The van der Waals surface area contributed by atoms with Gasteiger partial charge in [0.1, 0.15) is 0 Å². The summed E-state index contributed by atoms with van der Waals surface area (Å²) in [5.74, 6) is -0.678. The zero-order valence-corrected chi connectivity index (χ0v) is 3.85. The standard InChI is InChI=1S/C4H5FO2/c1-7-4(6)2-3-5/h2-3H,1H3/b3-2-. The number of carbonyl (C=O) groups is 1. The highest BCUT2D eigenvalue weighted by Gasteiger charge is 1.85. The Morgan fingerprint density at radius 2 is 2.43 bits per heavy atom. The molecule has 0 fully saturated rings. The van der Waals surface area contributed by atoms with Crippen molar-refractivity contribution >= 4 is 5.97 Å². The van der Waals surface area contributed by atoms with E-state index < -0.39 is 5.97 Å². The molecule has 40 valence electrons. The first-order valence-corrected chi connectivity index (χ1v) is 1.66. The van der Waals surface area contributed by atoms with E-state index in [2.05, 4.69) is 4.74 Å². The second-order valence-corrected chi connectivity index (χ2v) is 0.816. The molecule has 0 amide bonds. The Morgan fingerprint density at radius 1 is 1.86 bits per heavy atom. The summed E-state index contributed by atoms with van der Waals surface area (Å²) in [5, 5.41) is 0. The van der Waals surface area contributed by atoms with Crippen LogP contribution in [-0.2, 0) is 9.53 Å². The first-order valence-electron chi connectivity index (χ1n) is 1.66. The number of esters is 1. The summed E-state index contributed by atoms with van der Waals surface area (Å²) < 4.78 is 15.0. The summed E-state index contributed by atoms with van der Waals surface area (Å²) in [7, 11) is 1.18. The van der Waals surface area contributed by atoms with Gasteiger partial charge in [-0.05, 0) is 0 Å². The number of rotatable bonds is 1. The molecule has 0 atom stereocenters. The molecule has 0 aliphatic heterocycles. The Balaban J connectivity index is 3.37. The molecule has 0 aliphatic carbocycles. The molecule has 0 aromatic carbocycles. The summed E-state index contributed by atoms with van der Waals surface area (Å²) in [5.41, 5.74) is 0. The van der Waals surface area contributed by atoms with Crippen LogP contribution < -0.4 is 0 Å². The van der Waals surface area contributed by atoms with Crippen molar-refractivity contribution in [3.63, 3.8) is 0 Å². The Kier molecular flexibility index (Phi) is 2.92. The van der Waals surface area contributed by atoms with Crippen LogP contribution in [-0.4, -0.2) is 13.1 Å². The molecular formula is C4H5FO2. The molecule has 3 heteroatoms. The lowest BCUT2D eigenvalue weighted by Crippen LogP contribution is -1.92. The lowest BCUT2D eigenvalue weighted by molar-refractivity contribution is -0.134. The number of carbonyl (C=O) groups excluding carboxylic acids is 1. The van der Waals surface area contributed by atoms with Gasteiger partial charge in [0.15, 0.2) is 0 Å². The van der Waals surface area contributed by atoms with E-state index in [0.717, 1.165) is 0 Å². The highest BCUT2D eigenvalue weighted by atomic mass is 19.1. The van der Waals surface area contributed by atoms with Gasteiger partial charge >= 0.3 is 5.97 Å². The SMILES string of the molecule is COC(=O)/C=C\F. The van der Waals surface area contributed by atoms with Gasteiger partial charge in [-0.2, -0.15) is 0 Å². The summed E-state index contributed by atoms with van der Waals surface area (Å²) in [4.78, 5) is 9.86. The Bertz CT molecular complexity index is 87.7. The van der Waals surface area contributed by atoms with E-state index in [4.69, 9.17) is 0 Å². The fourth-order valence-corrected chi connectivity index (χ4v) is 0.119. The van der Waals surface area contributed by atoms with E-state index in [1.807, 2.05) is 0 Å². The van der Waals surface area contributed by atoms with E-state index in [0.29, 0.717) is 6.08 Å². The quantitative estimate of drug-likeness (QED) is 0.360. The predicted octanol–water partition coefficient (Wildman–Crippen LogP) is 0.643. The Hall–Kier alpha value is -0.860. The maximum Gasteiger partial charge on any atom is 0.332 e. The van der Waals surface area contributed by atoms with Gasteiger partial charge in [0, 0.05) is 0 Å². The molecule has 0 saturated carbocycles. The topological polar surface area (TPSA) is 26.3 Å². The molecule has 0 aliphatic rings. The molecule has 0 N–H and O–H groups in total. The molecule has 2 nitrogen and oxygen atoms in total. The maximum absolute atomic E-state index is 10.9. The Morgan fingerprint density at radius 3 is 2.57 bits per heavy atom. The number of halogens is 1. The van der Waals surface area contributed by atoms with Crippen molar-refractivity contribution < 1.29 is 13.9 Å². The minimum atomic E-state index is -0.678. The second-order valence-electron chi connectivity index (χ2n) is 0.816. The first-order chi connectivity index (χ1) is 3.31. The fourth-order valence-electron chi connectivity index (χ4n) is 0.119. The van der Waals surface area contributed by atoms with Crippen molar-refractivity contribution in [2.45, 2.75) is 0 Å². The summed E-state index contributed by atoms with van der Waals surface area (Å²) >= 11 is 0. The van der Waals surface area contributed by atoms with Crippen LogP contribution in [0.3, 0.4) is 0 Å². The van der Waals surface area contributed by atoms with Crippen molar-refractivity contribution in [2.24, 2.45) is 0 Å². The van der Waals surface area contributed by atoms with Crippen LogP contribution in [0.15, 0.2) is 12.4 Å². The van der Waals surface area contributed by atoms with E-state index in [-0.39, 0.29) is 6.33 Å². The lowest BCUT2D eigenvalue weighted by atomic mass is 10.7. The minimum Gasteiger partial charge on any atom is -0.466 e. The summed E-state index contributed by atoms with van der Waals surface area (Å²) in [6.45, 7) is 0. The van der Waals surface area contributed by atoms with Gasteiger partial charge in [-0.3, -0.25) is 0 Å². The van der Waals surface area contributed by atoms with Crippen LogP contribution in [0.2, 0.25) is 0 Å². The molecule has 7 heavy (non-hydrogen) atoms. The number of methoxy groups -OCH3 is 1. The summed E-state index contributed by atoms with van der Waals surface area (Å²) in [6, 6.07) is 0. The van der Waals surface area contributed by atoms with Gasteiger partial charge < -0.3 is 4.74 Å². The minimum absolute atomic E-state index is 0.131. The zero-order chi connectivity index (χ0) is 5.70. The highest BCUT2D eigenvalue weighted by molar-refractivity contribution is 5.81. The Labute approximate surface area is 40.6 Å². The van der Waals surface area contributed by atoms with Gasteiger partial charge in [-0.1, -0.05) is 0 Å². The van der Waals surface area contributed by atoms with Gasteiger partial charge in [0.2, 0.25) is 0 Å². The largest absolute Gasteiger partial charge is 0.466 e. The third kappa shape index (κ3) is 2.96. The predicted molar refractivity (Wildman–Crippen MR) is 22.3 cm³/mol. The van der Waals surface area contributed by atoms with Gasteiger partial charge in [-0.25, -0.2) is 9.18 Å². The van der Waals surface area contributed by atoms with Crippen LogP contribution in [0.1, 0.15) is 0 Å². The molecule has 0 spiro atoms. The second kappa shape index (κ2) is 3.33. The molecule has 0 bridgehead atoms. The molecule has 0 radical (unpaired) electrons. The average Bonchev–Trinajstić information content (AvgIpc) is 1.68. The van der Waals surface area contributed by atoms with Crippen molar-refractivity contribution in [1.82, 2.24) is 0 Å². The van der Waals surface area contributed by atoms with Gasteiger partial charge in [0.25, 0.3) is 0 Å². The summed E-state index contributed by atoms with van der Waals surface area (Å²) in [6.07, 6.45) is 0.825. The molecule has 0 unspecified atom stereocenters. The zero-order valence-electron chi connectivity index (χ0n) is 3.85.